The second-order valence-electron chi connectivity index (χ2n) is 5.63. The van der Waals surface area contributed by atoms with Gasteiger partial charge in [0.05, 0.1) is 6.54 Å². The molecule has 128 valence electrons. The normalized spacial score (nSPS) is 10.8. The van der Waals surface area contributed by atoms with Gasteiger partial charge in [-0.25, -0.2) is 9.48 Å². The predicted molar refractivity (Wildman–Crippen MR) is 92.4 cm³/mol. The van der Waals surface area contributed by atoms with Crippen LogP contribution in [-0.2, 0) is 11.3 Å². The number of carbonyl (C=O) groups is 2. The quantitative estimate of drug-likeness (QED) is 0.720. The van der Waals surface area contributed by atoms with E-state index in [4.69, 9.17) is 5.73 Å². The van der Waals surface area contributed by atoms with Gasteiger partial charge in [0.15, 0.2) is 5.65 Å². The molecule has 2 amide bonds. The third-order valence-electron chi connectivity index (χ3n) is 3.82. The van der Waals surface area contributed by atoms with Crippen LogP contribution in [0.2, 0.25) is 0 Å². The third kappa shape index (κ3) is 3.42. The molecular formula is C17H17N5O3. The number of primary amides is 1. The van der Waals surface area contributed by atoms with Crippen LogP contribution in [0.4, 0.5) is 5.69 Å². The fourth-order valence-electron chi connectivity index (χ4n) is 2.49. The molecule has 8 nitrogen and oxygen atoms in total. The molecule has 25 heavy (non-hydrogen) atoms. The van der Waals surface area contributed by atoms with Crippen LogP contribution in [0.15, 0.2) is 47.4 Å². The summed E-state index contributed by atoms with van der Waals surface area (Å²) in [7, 11) is 0. The van der Waals surface area contributed by atoms with E-state index in [-0.39, 0.29) is 24.6 Å². The van der Waals surface area contributed by atoms with Gasteiger partial charge >= 0.3 is 5.69 Å². The van der Waals surface area contributed by atoms with Crippen molar-refractivity contribution in [1.82, 2.24) is 14.2 Å². The molecule has 0 aliphatic rings. The van der Waals surface area contributed by atoms with Gasteiger partial charge < -0.3 is 11.1 Å². The zero-order valence-electron chi connectivity index (χ0n) is 13.6. The highest BCUT2D eigenvalue weighted by Crippen LogP contribution is 2.16. The number of rotatable bonds is 5. The van der Waals surface area contributed by atoms with Gasteiger partial charge in [-0.3, -0.25) is 14.0 Å². The van der Waals surface area contributed by atoms with E-state index in [9.17, 15) is 14.4 Å². The maximum atomic E-state index is 12.1. The Hall–Kier alpha value is -3.42. The summed E-state index contributed by atoms with van der Waals surface area (Å²) in [6.45, 7) is 1.94. The van der Waals surface area contributed by atoms with Gasteiger partial charge in [0.1, 0.15) is 0 Å². The molecule has 1 aromatic carbocycles. The van der Waals surface area contributed by atoms with Crippen LogP contribution in [0.1, 0.15) is 22.3 Å². The monoisotopic (exact) mass is 339 g/mol. The Morgan fingerprint density at radius 2 is 2.04 bits per heavy atom. The number of aryl methyl sites for hydroxylation is 2. The average Bonchev–Trinajstić information content (AvgIpc) is 2.91. The van der Waals surface area contributed by atoms with E-state index in [2.05, 4.69) is 10.4 Å². The lowest BCUT2D eigenvalue weighted by Gasteiger charge is -2.09. The van der Waals surface area contributed by atoms with Crippen molar-refractivity contribution >= 4 is 23.1 Å². The summed E-state index contributed by atoms with van der Waals surface area (Å²) in [5, 5.41) is 6.93. The number of fused-ring (bicyclic) bond motifs is 1. The minimum atomic E-state index is -0.521. The molecule has 3 rings (SSSR count). The van der Waals surface area contributed by atoms with Gasteiger partial charge in [-0.2, -0.15) is 0 Å². The first-order chi connectivity index (χ1) is 12.0. The van der Waals surface area contributed by atoms with E-state index in [1.165, 1.54) is 9.08 Å². The zero-order valence-corrected chi connectivity index (χ0v) is 13.6. The number of carbonyl (C=O) groups excluding carboxylic acids is 2. The lowest BCUT2D eigenvalue weighted by molar-refractivity contribution is -0.116. The standard InChI is InChI=1S/C17H17N5O3/c1-11-10-12(16(18)24)5-6-13(11)19-15(23)7-9-22-17(25)21-8-3-2-4-14(21)20-22/h2-6,8,10H,7,9H2,1H3,(H2,18,24)(H,19,23). The summed E-state index contributed by atoms with van der Waals surface area (Å²) in [5.74, 6) is -0.772. The summed E-state index contributed by atoms with van der Waals surface area (Å²) in [5.41, 5.74) is 7.18. The average molecular weight is 339 g/mol. The number of hydrogen-bond acceptors (Lipinski definition) is 4. The van der Waals surface area contributed by atoms with E-state index >= 15 is 0 Å². The van der Waals surface area contributed by atoms with Gasteiger partial charge in [0.2, 0.25) is 11.8 Å². The third-order valence-corrected chi connectivity index (χ3v) is 3.82. The second-order valence-corrected chi connectivity index (χ2v) is 5.63. The van der Waals surface area contributed by atoms with Crippen molar-refractivity contribution < 1.29 is 9.59 Å². The molecule has 8 heteroatoms. The Balaban J connectivity index is 1.67. The molecule has 0 fully saturated rings. The highest BCUT2D eigenvalue weighted by atomic mass is 16.2. The fourth-order valence-corrected chi connectivity index (χ4v) is 2.49. The van der Waals surface area contributed by atoms with Crippen molar-refractivity contribution in [3.8, 4) is 0 Å². The molecule has 0 atom stereocenters. The number of aromatic nitrogens is 3. The van der Waals surface area contributed by atoms with Crippen molar-refractivity contribution in [1.29, 1.82) is 0 Å². The molecule has 0 unspecified atom stereocenters. The number of benzene rings is 1. The van der Waals surface area contributed by atoms with Crippen LogP contribution in [0.5, 0.6) is 0 Å². The molecule has 2 heterocycles. The number of nitrogens with zero attached hydrogens (tertiary/aromatic N) is 3. The fraction of sp³-hybridized carbons (Fsp3) is 0.176. The van der Waals surface area contributed by atoms with Crippen LogP contribution >= 0.6 is 0 Å². The minimum absolute atomic E-state index is 0.0980. The van der Waals surface area contributed by atoms with Gasteiger partial charge in [0.25, 0.3) is 0 Å². The second kappa shape index (κ2) is 6.60. The highest BCUT2D eigenvalue weighted by molar-refractivity contribution is 5.95. The van der Waals surface area contributed by atoms with Crippen molar-refractivity contribution in [3.63, 3.8) is 0 Å². The summed E-state index contributed by atoms with van der Waals surface area (Å²) >= 11 is 0. The Bertz CT molecular complexity index is 1020. The van der Waals surface area contributed by atoms with Crippen LogP contribution in [0, 0.1) is 6.92 Å². The number of nitrogens with two attached hydrogens (primary N) is 1. The Morgan fingerprint density at radius 1 is 1.24 bits per heavy atom. The molecule has 0 bridgehead atoms. The van der Waals surface area contributed by atoms with Gasteiger partial charge in [-0.15, -0.1) is 5.10 Å². The highest BCUT2D eigenvalue weighted by Gasteiger charge is 2.10. The number of pyridine rings is 1. The van der Waals surface area contributed by atoms with E-state index in [0.29, 0.717) is 16.9 Å². The topological polar surface area (TPSA) is 111 Å². The van der Waals surface area contributed by atoms with E-state index in [1.807, 2.05) is 0 Å². The molecule has 0 radical (unpaired) electrons. The van der Waals surface area contributed by atoms with Crippen LogP contribution in [0.25, 0.3) is 5.65 Å². The predicted octanol–water partition coefficient (Wildman–Crippen LogP) is 0.932. The van der Waals surface area contributed by atoms with Crippen molar-refractivity contribution in [2.75, 3.05) is 5.32 Å². The number of hydrogen-bond donors (Lipinski definition) is 2. The van der Waals surface area contributed by atoms with Crippen LogP contribution < -0.4 is 16.7 Å². The van der Waals surface area contributed by atoms with Crippen molar-refractivity contribution in [2.45, 2.75) is 19.9 Å². The first-order valence-corrected chi connectivity index (χ1v) is 7.70. The van der Waals surface area contributed by atoms with Gasteiger partial charge in [0, 0.05) is 23.9 Å². The van der Waals surface area contributed by atoms with Crippen LogP contribution in [-0.4, -0.2) is 26.0 Å². The summed E-state index contributed by atoms with van der Waals surface area (Å²) in [6, 6.07) is 10.1. The molecule has 0 aliphatic heterocycles. The smallest absolute Gasteiger partial charge is 0.350 e. The maximum Gasteiger partial charge on any atom is 0.350 e. The largest absolute Gasteiger partial charge is 0.366 e. The summed E-state index contributed by atoms with van der Waals surface area (Å²) in [4.78, 5) is 35.4. The molecular weight excluding hydrogens is 322 g/mol. The maximum absolute atomic E-state index is 12.1. The SMILES string of the molecule is Cc1cc(C(N)=O)ccc1NC(=O)CCn1nc2ccccn2c1=O. The lowest BCUT2D eigenvalue weighted by Crippen LogP contribution is -2.24. The molecule has 3 aromatic rings. The van der Waals surface area contributed by atoms with Crippen molar-refractivity contribution in [3.05, 3.63) is 64.2 Å². The number of nitrogens with one attached hydrogen (secondary N) is 1. The van der Waals surface area contributed by atoms with Crippen LogP contribution in [0.3, 0.4) is 0 Å². The zero-order chi connectivity index (χ0) is 18.0. The molecule has 0 saturated heterocycles. The molecule has 3 N–H and O–H groups in total. The minimum Gasteiger partial charge on any atom is -0.366 e. The van der Waals surface area contributed by atoms with Gasteiger partial charge in [-0.05, 0) is 42.8 Å². The van der Waals surface area contributed by atoms with Gasteiger partial charge in [-0.1, -0.05) is 6.07 Å². The van der Waals surface area contributed by atoms with E-state index in [0.717, 1.165) is 5.56 Å². The lowest BCUT2D eigenvalue weighted by atomic mass is 10.1. The summed E-state index contributed by atoms with van der Waals surface area (Å²) in [6.07, 6.45) is 1.73. The van der Waals surface area contributed by atoms with Crippen molar-refractivity contribution in [2.24, 2.45) is 5.73 Å². The number of anilines is 1. The first kappa shape index (κ1) is 16.4. The Kier molecular flexibility index (Phi) is 4.34. The molecule has 0 aliphatic carbocycles. The number of amides is 2. The molecule has 0 spiro atoms. The van der Waals surface area contributed by atoms with E-state index < -0.39 is 5.91 Å². The van der Waals surface area contributed by atoms with E-state index in [1.54, 1.807) is 49.5 Å². The Labute approximate surface area is 142 Å². The first-order valence-electron chi connectivity index (χ1n) is 7.70. The molecule has 0 saturated carbocycles. The molecule has 2 aromatic heterocycles. The summed E-state index contributed by atoms with van der Waals surface area (Å²) < 4.78 is 2.68. The Morgan fingerprint density at radius 3 is 2.72 bits per heavy atom.